The Morgan fingerprint density at radius 3 is 2.27 bits per heavy atom. The largest absolute Gasteiger partial charge is 0.347 e. The Balaban J connectivity index is 4.23. The lowest BCUT2D eigenvalue weighted by molar-refractivity contribution is -0.146. The summed E-state index contributed by atoms with van der Waals surface area (Å²) < 4.78 is 0. The fourth-order valence-corrected chi connectivity index (χ4v) is 1.42. The van der Waals surface area contributed by atoms with Crippen LogP contribution in [0.3, 0.4) is 0 Å². The monoisotopic (exact) mass is 215 g/mol. The summed E-state index contributed by atoms with van der Waals surface area (Å²) in [6.07, 6.45) is 1.70. The summed E-state index contributed by atoms with van der Waals surface area (Å²) in [5.41, 5.74) is 5.23. The number of carbonyl (C=O) groups excluding carboxylic acids is 2. The highest BCUT2D eigenvalue weighted by Gasteiger charge is 2.22. The van der Waals surface area contributed by atoms with Gasteiger partial charge in [-0.15, -0.1) is 0 Å². The first kappa shape index (κ1) is 13.9. The summed E-state index contributed by atoms with van der Waals surface area (Å²) in [6, 6.07) is 0.126. The molecule has 0 atom stereocenters. The fraction of sp³-hybridized carbons (Fsp3) is 0.800. The molecule has 0 aromatic carbocycles. The number of nitrogens with two attached hydrogens (primary N) is 1. The minimum atomic E-state index is -0.574. The first-order chi connectivity index (χ1) is 7.08. The van der Waals surface area contributed by atoms with Crippen LogP contribution in [-0.2, 0) is 9.59 Å². The predicted octanol–water partition coefficient (Wildman–Crippen LogP) is -0.292. The molecule has 0 bridgehead atoms. The van der Waals surface area contributed by atoms with Crippen LogP contribution in [0, 0.1) is 0 Å². The molecule has 0 radical (unpaired) electrons. The summed E-state index contributed by atoms with van der Waals surface area (Å²) in [6.45, 7) is 4.67. The SMILES string of the molecule is CCC(CC)N(C)C(=O)C(=O)NCCN. The third kappa shape index (κ3) is 4.29. The molecule has 2 amide bonds. The quantitative estimate of drug-likeness (QED) is 0.619. The van der Waals surface area contributed by atoms with Crippen molar-refractivity contribution in [1.82, 2.24) is 10.2 Å². The Morgan fingerprint density at radius 1 is 1.33 bits per heavy atom. The van der Waals surface area contributed by atoms with Gasteiger partial charge in [0.1, 0.15) is 0 Å². The maximum atomic E-state index is 11.6. The number of nitrogens with one attached hydrogen (secondary N) is 1. The van der Waals surface area contributed by atoms with E-state index in [2.05, 4.69) is 5.32 Å². The van der Waals surface area contributed by atoms with Crippen LogP contribution >= 0.6 is 0 Å². The summed E-state index contributed by atoms with van der Waals surface area (Å²) in [4.78, 5) is 24.4. The zero-order chi connectivity index (χ0) is 11.8. The van der Waals surface area contributed by atoms with Crippen LogP contribution in [0.4, 0.5) is 0 Å². The van der Waals surface area contributed by atoms with Crippen LogP contribution in [0.15, 0.2) is 0 Å². The van der Waals surface area contributed by atoms with E-state index in [1.807, 2.05) is 13.8 Å². The smallest absolute Gasteiger partial charge is 0.311 e. The van der Waals surface area contributed by atoms with Gasteiger partial charge in [0.15, 0.2) is 0 Å². The predicted molar refractivity (Wildman–Crippen MR) is 59.2 cm³/mol. The standard InChI is InChI=1S/C10H21N3O2/c1-4-8(5-2)13(3)10(15)9(14)12-7-6-11/h8H,4-7,11H2,1-3H3,(H,12,14). The molecule has 0 saturated carbocycles. The van der Waals surface area contributed by atoms with Gasteiger partial charge < -0.3 is 16.0 Å². The molecule has 0 rings (SSSR count). The lowest BCUT2D eigenvalue weighted by Crippen LogP contribution is -2.46. The van der Waals surface area contributed by atoms with Crippen LogP contribution < -0.4 is 11.1 Å². The molecule has 5 nitrogen and oxygen atoms in total. The molecule has 0 aliphatic carbocycles. The van der Waals surface area contributed by atoms with Crippen molar-refractivity contribution in [2.75, 3.05) is 20.1 Å². The van der Waals surface area contributed by atoms with Gasteiger partial charge >= 0.3 is 11.8 Å². The van der Waals surface area contributed by atoms with Gasteiger partial charge in [0.2, 0.25) is 0 Å². The van der Waals surface area contributed by atoms with E-state index in [0.717, 1.165) is 12.8 Å². The maximum Gasteiger partial charge on any atom is 0.311 e. The lowest BCUT2D eigenvalue weighted by Gasteiger charge is -2.25. The average molecular weight is 215 g/mol. The molecule has 88 valence electrons. The normalized spacial score (nSPS) is 10.2. The molecule has 0 aliphatic rings. The highest BCUT2D eigenvalue weighted by molar-refractivity contribution is 6.35. The van der Waals surface area contributed by atoms with Crippen molar-refractivity contribution in [3.63, 3.8) is 0 Å². The van der Waals surface area contributed by atoms with Crippen molar-refractivity contribution in [3.05, 3.63) is 0 Å². The summed E-state index contributed by atoms with van der Waals surface area (Å²) in [5, 5.41) is 2.46. The van der Waals surface area contributed by atoms with E-state index >= 15 is 0 Å². The van der Waals surface area contributed by atoms with Gasteiger partial charge in [-0.2, -0.15) is 0 Å². The Morgan fingerprint density at radius 2 is 1.87 bits per heavy atom. The highest BCUT2D eigenvalue weighted by atomic mass is 16.2. The Hall–Kier alpha value is -1.10. The Labute approximate surface area is 91.0 Å². The van der Waals surface area contributed by atoms with Crippen molar-refractivity contribution >= 4 is 11.8 Å². The van der Waals surface area contributed by atoms with Crippen LogP contribution in [0.25, 0.3) is 0 Å². The first-order valence-corrected chi connectivity index (χ1v) is 5.33. The highest BCUT2D eigenvalue weighted by Crippen LogP contribution is 2.05. The number of carbonyl (C=O) groups is 2. The molecule has 0 saturated heterocycles. The summed E-state index contributed by atoms with van der Waals surface area (Å²) in [5.74, 6) is -1.06. The van der Waals surface area contributed by atoms with Crippen LogP contribution in [0.1, 0.15) is 26.7 Å². The van der Waals surface area contributed by atoms with Crippen LogP contribution in [-0.4, -0.2) is 42.9 Å². The number of nitrogens with zero attached hydrogens (tertiary/aromatic N) is 1. The molecule has 15 heavy (non-hydrogen) atoms. The lowest BCUT2D eigenvalue weighted by atomic mass is 10.1. The molecular weight excluding hydrogens is 194 g/mol. The van der Waals surface area contributed by atoms with Crippen molar-refractivity contribution in [1.29, 1.82) is 0 Å². The minimum Gasteiger partial charge on any atom is -0.347 e. The van der Waals surface area contributed by atoms with Crippen molar-refractivity contribution < 1.29 is 9.59 Å². The molecule has 0 aromatic heterocycles. The Kier molecular flexibility index (Phi) is 6.70. The van der Waals surface area contributed by atoms with E-state index in [-0.39, 0.29) is 6.04 Å². The van der Waals surface area contributed by atoms with Crippen LogP contribution in [0.2, 0.25) is 0 Å². The molecule has 0 heterocycles. The molecule has 0 spiro atoms. The van der Waals surface area contributed by atoms with Crippen molar-refractivity contribution in [3.8, 4) is 0 Å². The zero-order valence-electron chi connectivity index (χ0n) is 9.75. The molecule has 3 N–H and O–H groups in total. The van der Waals surface area contributed by atoms with Gasteiger partial charge in [-0.05, 0) is 12.8 Å². The van der Waals surface area contributed by atoms with E-state index in [0.29, 0.717) is 13.1 Å². The average Bonchev–Trinajstić information content (AvgIpc) is 2.26. The van der Waals surface area contributed by atoms with E-state index in [4.69, 9.17) is 5.73 Å². The number of rotatable bonds is 5. The van der Waals surface area contributed by atoms with E-state index in [1.54, 1.807) is 7.05 Å². The van der Waals surface area contributed by atoms with E-state index < -0.39 is 11.8 Å². The molecule has 0 aliphatic heterocycles. The number of likely N-dealkylation sites (N-methyl/N-ethyl adjacent to an activating group) is 1. The third-order valence-corrected chi connectivity index (χ3v) is 2.43. The molecule has 0 fully saturated rings. The molecule has 5 heteroatoms. The fourth-order valence-electron chi connectivity index (χ4n) is 1.42. The molecular formula is C10H21N3O2. The molecule has 0 unspecified atom stereocenters. The van der Waals surface area contributed by atoms with Gasteiger partial charge in [-0.25, -0.2) is 0 Å². The maximum absolute atomic E-state index is 11.6. The van der Waals surface area contributed by atoms with E-state index in [1.165, 1.54) is 4.90 Å². The summed E-state index contributed by atoms with van der Waals surface area (Å²) in [7, 11) is 1.65. The topological polar surface area (TPSA) is 75.4 Å². The van der Waals surface area contributed by atoms with Gasteiger partial charge in [-0.3, -0.25) is 9.59 Å². The van der Waals surface area contributed by atoms with Gasteiger partial charge in [0, 0.05) is 26.2 Å². The summed E-state index contributed by atoms with van der Waals surface area (Å²) >= 11 is 0. The number of amides is 2. The second kappa shape index (κ2) is 7.23. The minimum absolute atomic E-state index is 0.126. The van der Waals surface area contributed by atoms with Crippen molar-refractivity contribution in [2.24, 2.45) is 5.73 Å². The Bertz CT molecular complexity index is 215. The van der Waals surface area contributed by atoms with Crippen LogP contribution in [0.5, 0.6) is 0 Å². The second-order valence-corrected chi connectivity index (χ2v) is 3.43. The van der Waals surface area contributed by atoms with E-state index in [9.17, 15) is 9.59 Å². The number of hydrogen-bond donors (Lipinski definition) is 2. The van der Waals surface area contributed by atoms with Crippen molar-refractivity contribution in [2.45, 2.75) is 32.7 Å². The van der Waals surface area contributed by atoms with Gasteiger partial charge in [0.25, 0.3) is 0 Å². The van der Waals surface area contributed by atoms with Gasteiger partial charge in [-0.1, -0.05) is 13.8 Å². The molecule has 0 aromatic rings. The zero-order valence-corrected chi connectivity index (χ0v) is 9.75. The third-order valence-electron chi connectivity index (χ3n) is 2.43. The second-order valence-electron chi connectivity index (χ2n) is 3.43. The first-order valence-electron chi connectivity index (χ1n) is 5.33. The van der Waals surface area contributed by atoms with Gasteiger partial charge in [0.05, 0.1) is 0 Å². The number of hydrogen-bond acceptors (Lipinski definition) is 3.